The summed E-state index contributed by atoms with van der Waals surface area (Å²) < 4.78 is -1.22. The van der Waals surface area contributed by atoms with E-state index in [1.807, 2.05) is 0 Å². The van der Waals surface area contributed by atoms with Gasteiger partial charge in [-0.1, -0.05) is 110 Å². The van der Waals surface area contributed by atoms with E-state index in [9.17, 15) is 0 Å². The van der Waals surface area contributed by atoms with Gasteiger partial charge in [-0.15, -0.1) is 0 Å². The first-order valence-corrected chi connectivity index (χ1v) is 8.71. The van der Waals surface area contributed by atoms with Crippen molar-refractivity contribution in [1.29, 1.82) is 0 Å². The zero-order valence-corrected chi connectivity index (χ0v) is 14.7. The van der Waals surface area contributed by atoms with Crippen LogP contribution in [0.15, 0.2) is 24.3 Å². The summed E-state index contributed by atoms with van der Waals surface area (Å²) in [5.74, 6) is -0.0146. The van der Waals surface area contributed by atoms with Crippen molar-refractivity contribution in [3.05, 3.63) is 35.4 Å². The van der Waals surface area contributed by atoms with Gasteiger partial charge in [-0.25, -0.2) is 0 Å². The Morgan fingerprint density at radius 1 is 0.900 bits per heavy atom. The smallest absolute Gasteiger partial charge is 0.0830 e. The Kier molecular flexibility index (Phi) is 8.32. The largest absolute Gasteiger partial charge is 0.197 e. The van der Waals surface area contributed by atoms with E-state index >= 15 is 0 Å². The third kappa shape index (κ3) is 6.70. The Balaban J connectivity index is 2.51. The van der Waals surface area contributed by atoms with Crippen molar-refractivity contribution in [3.8, 4) is 0 Å². The van der Waals surface area contributed by atoms with Crippen molar-refractivity contribution in [3.63, 3.8) is 0 Å². The Bertz CT molecular complexity index is 365. The fraction of sp³-hybridized carbons (Fsp3) is 0.647. The number of hydrogen-bond acceptors (Lipinski definition) is 0. The SMILES string of the molecule is CCCCCCCCC(c1ccc(C)cc1)C(Cl)(Cl)Cl. The predicted octanol–water partition coefficient (Wildman–Crippen LogP) is 7.20. The summed E-state index contributed by atoms with van der Waals surface area (Å²) >= 11 is 18.5. The molecular formula is C17H25Cl3. The molecule has 0 aliphatic carbocycles. The Morgan fingerprint density at radius 2 is 1.45 bits per heavy atom. The van der Waals surface area contributed by atoms with Crippen LogP contribution in [0.2, 0.25) is 0 Å². The number of benzene rings is 1. The van der Waals surface area contributed by atoms with E-state index in [4.69, 9.17) is 34.8 Å². The first kappa shape index (κ1) is 18.1. The number of hydrogen-bond donors (Lipinski definition) is 0. The van der Waals surface area contributed by atoms with Gasteiger partial charge in [0.1, 0.15) is 0 Å². The van der Waals surface area contributed by atoms with E-state index in [1.54, 1.807) is 0 Å². The number of aryl methyl sites for hydroxylation is 1. The van der Waals surface area contributed by atoms with Gasteiger partial charge in [0.2, 0.25) is 0 Å². The average Bonchev–Trinajstić information content (AvgIpc) is 2.38. The number of rotatable bonds is 8. The maximum absolute atomic E-state index is 6.17. The minimum Gasteiger partial charge on any atom is -0.0830 e. The lowest BCUT2D eigenvalue weighted by Gasteiger charge is -2.25. The highest BCUT2D eigenvalue weighted by molar-refractivity contribution is 6.68. The molecule has 114 valence electrons. The molecule has 1 rings (SSSR count). The van der Waals surface area contributed by atoms with Gasteiger partial charge in [0.05, 0.1) is 0 Å². The fourth-order valence-electron chi connectivity index (χ4n) is 2.45. The van der Waals surface area contributed by atoms with Crippen molar-refractivity contribution in [2.45, 2.75) is 68.5 Å². The lowest BCUT2D eigenvalue weighted by Crippen LogP contribution is -2.17. The van der Waals surface area contributed by atoms with Gasteiger partial charge in [-0.05, 0) is 18.9 Å². The molecule has 0 aliphatic heterocycles. The summed E-state index contributed by atoms with van der Waals surface area (Å²) in [5, 5.41) is 0. The van der Waals surface area contributed by atoms with Gasteiger partial charge in [-0.3, -0.25) is 0 Å². The summed E-state index contributed by atoms with van der Waals surface area (Å²) in [6.07, 6.45) is 8.49. The molecule has 0 N–H and O–H groups in total. The summed E-state index contributed by atoms with van der Waals surface area (Å²) in [4.78, 5) is 0. The molecule has 0 saturated heterocycles. The zero-order chi connectivity index (χ0) is 15.0. The van der Waals surface area contributed by atoms with Gasteiger partial charge >= 0.3 is 0 Å². The monoisotopic (exact) mass is 334 g/mol. The van der Waals surface area contributed by atoms with Crippen molar-refractivity contribution in [2.75, 3.05) is 0 Å². The molecule has 0 aliphatic rings. The zero-order valence-electron chi connectivity index (χ0n) is 12.5. The minimum atomic E-state index is -1.22. The normalized spacial score (nSPS) is 13.4. The van der Waals surface area contributed by atoms with Crippen LogP contribution in [0.5, 0.6) is 0 Å². The van der Waals surface area contributed by atoms with E-state index in [0.717, 1.165) is 18.4 Å². The van der Waals surface area contributed by atoms with Crippen LogP contribution >= 0.6 is 34.8 Å². The Morgan fingerprint density at radius 3 is 2.00 bits per heavy atom. The molecule has 0 spiro atoms. The third-order valence-corrected chi connectivity index (χ3v) is 4.51. The first-order valence-electron chi connectivity index (χ1n) is 7.58. The van der Waals surface area contributed by atoms with Gasteiger partial charge in [0, 0.05) is 5.92 Å². The van der Waals surface area contributed by atoms with Crippen LogP contribution in [0, 0.1) is 6.92 Å². The molecule has 0 nitrogen and oxygen atoms in total. The highest BCUT2D eigenvalue weighted by Crippen LogP contribution is 2.44. The first-order chi connectivity index (χ1) is 9.45. The summed E-state index contributed by atoms with van der Waals surface area (Å²) in [6, 6.07) is 8.33. The second-order valence-corrected chi connectivity index (χ2v) is 7.93. The topological polar surface area (TPSA) is 0 Å². The maximum atomic E-state index is 6.17. The van der Waals surface area contributed by atoms with Crippen LogP contribution in [0.25, 0.3) is 0 Å². The Hall–Kier alpha value is 0.0900. The molecule has 1 atom stereocenters. The fourth-order valence-corrected chi connectivity index (χ4v) is 3.15. The standard InChI is InChI=1S/C17H25Cl3/c1-3-4-5-6-7-8-9-16(17(18,19)20)15-12-10-14(2)11-13-15/h10-13,16H,3-9H2,1-2H3. The number of halogens is 3. The van der Waals surface area contributed by atoms with E-state index in [1.165, 1.54) is 37.7 Å². The molecule has 1 unspecified atom stereocenters. The molecule has 0 saturated carbocycles. The van der Waals surface area contributed by atoms with Gasteiger partial charge < -0.3 is 0 Å². The molecule has 0 radical (unpaired) electrons. The molecule has 0 amide bonds. The van der Waals surface area contributed by atoms with Crippen LogP contribution in [0.4, 0.5) is 0 Å². The van der Waals surface area contributed by atoms with Crippen LogP contribution in [-0.4, -0.2) is 3.79 Å². The van der Waals surface area contributed by atoms with Gasteiger partial charge in [0.25, 0.3) is 0 Å². The van der Waals surface area contributed by atoms with Crippen molar-refractivity contribution in [2.24, 2.45) is 0 Å². The van der Waals surface area contributed by atoms with E-state index < -0.39 is 3.79 Å². The molecule has 1 aromatic carbocycles. The highest BCUT2D eigenvalue weighted by Gasteiger charge is 2.33. The highest BCUT2D eigenvalue weighted by atomic mass is 35.6. The van der Waals surface area contributed by atoms with Gasteiger partial charge in [0.15, 0.2) is 3.79 Å². The lowest BCUT2D eigenvalue weighted by atomic mass is 9.93. The predicted molar refractivity (Wildman–Crippen MR) is 92.2 cm³/mol. The molecule has 0 aromatic heterocycles. The molecular weight excluding hydrogens is 311 g/mol. The van der Waals surface area contributed by atoms with Crippen LogP contribution < -0.4 is 0 Å². The number of alkyl halides is 3. The van der Waals surface area contributed by atoms with Crippen molar-refractivity contribution < 1.29 is 0 Å². The molecule has 3 heteroatoms. The number of unbranched alkanes of at least 4 members (excludes halogenated alkanes) is 5. The second kappa shape index (κ2) is 9.18. The molecule has 1 aromatic rings. The summed E-state index contributed by atoms with van der Waals surface area (Å²) in [7, 11) is 0. The second-order valence-electron chi connectivity index (χ2n) is 5.56. The Labute approximate surface area is 138 Å². The minimum absolute atomic E-state index is 0.0146. The quantitative estimate of drug-likeness (QED) is 0.348. The summed E-state index contributed by atoms with van der Waals surface area (Å²) in [6.45, 7) is 4.30. The van der Waals surface area contributed by atoms with E-state index in [2.05, 4.69) is 38.1 Å². The maximum Gasteiger partial charge on any atom is 0.197 e. The van der Waals surface area contributed by atoms with Gasteiger partial charge in [-0.2, -0.15) is 0 Å². The van der Waals surface area contributed by atoms with E-state index in [-0.39, 0.29) is 5.92 Å². The van der Waals surface area contributed by atoms with E-state index in [0.29, 0.717) is 0 Å². The lowest BCUT2D eigenvalue weighted by molar-refractivity contribution is 0.542. The van der Waals surface area contributed by atoms with Crippen molar-refractivity contribution in [1.82, 2.24) is 0 Å². The van der Waals surface area contributed by atoms with Crippen molar-refractivity contribution >= 4 is 34.8 Å². The van der Waals surface area contributed by atoms with Crippen LogP contribution in [0.1, 0.15) is 68.9 Å². The molecule has 0 fully saturated rings. The molecule has 0 bridgehead atoms. The molecule has 20 heavy (non-hydrogen) atoms. The van der Waals surface area contributed by atoms with Crippen LogP contribution in [-0.2, 0) is 0 Å². The average molecular weight is 336 g/mol. The molecule has 0 heterocycles. The van der Waals surface area contributed by atoms with Crippen LogP contribution in [0.3, 0.4) is 0 Å². The third-order valence-electron chi connectivity index (χ3n) is 3.72. The summed E-state index contributed by atoms with van der Waals surface area (Å²) in [5.41, 5.74) is 2.36.